The van der Waals surface area contributed by atoms with Gasteiger partial charge < -0.3 is 14.5 Å². The maximum Gasteiger partial charge on any atom is 0.308 e. The van der Waals surface area contributed by atoms with Crippen LogP contribution < -0.4 is 4.90 Å². The lowest BCUT2D eigenvalue weighted by atomic mass is 9.85. The van der Waals surface area contributed by atoms with Crippen LogP contribution in [0.3, 0.4) is 0 Å². The molecule has 0 radical (unpaired) electrons. The lowest BCUT2D eigenvalue weighted by Crippen LogP contribution is -2.43. The standard InChI is InChI=1S/C47H60N2O2/c1-35-14-12-20-44(32-35)48(40-16-8-6-9-17-40)42-26-22-38(23-27-42)39-24-28-43(29-25-39)49(41-18-10-7-11-19-41)45-21-13-15-37(33-45)30-31-51-46(50)36(2)34-47(3,4)5/h6-8,10-16,18,20,22-24,26-29,35-37,39,41,45H,9,17,19,21,25,30-34H2,1-5H3. The predicted molar refractivity (Wildman–Crippen MR) is 214 cm³/mol. The van der Waals surface area contributed by atoms with Gasteiger partial charge in [0, 0.05) is 34.7 Å². The number of carbonyl (C=O) groups is 1. The van der Waals surface area contributed by atoms with E-state index in [1.54, 1.807) is 0 Å². The SMILES string of the molecule is CC1C=CC=C(N(C2=CC=CCC2)c2ccc(C3C=CC(N(C4C=CC=CC4)C4CC=CC(CCOC(=O)C(C)CC(C)(C)C)C4)=CC3)cc2)C1. The van der Waals surface area contributed by atoms with Gasteiger partial charge in [-0.3, -0.25) is 4.79 Å². The molecule has 270 valence electrons. The third kappa shape index (κ3) is 9.84. The number of allylic oxidation sites excluding steroid dienone is 14. The molecule has 0 saturated heterocycles. The average molecular weight is 685 g/mol. The second-order valence-electron chi connectivity index (χ2n) is 16.6. The summed E-state index contributed by atoms with van der Waals surface area (Å²) in [6.07, 6.45) is 43.7. The fraction of sp³-hybridized carbons (Fsp3) is 0.468. The number of anilines is 1. The van der Waals surface area contributed by atoms with Crippen LogP contribution in [0, 0.1) is 23.2 Å². The Morgan fingerprint density at radius 1 is 0.902 bits per heavy atom. The Labute approximate surface area is 308 Å². The molecule has 0 aliphatic heterocycles. The van der Waals surface area contributed by atoms with Gasteiger partial charge in [0.2, 0.25) is 0 Å². The van der Waals surface area contributed by atoms with Crippen molar-refractivity contribution >= 4 is 11.7 Å². The minimum atomic E-state index is -0.0691. The normalized spacial score (nSPS) is 26.3. The number of carbonyl (C=O) groups excluding carboxylic acids is 1. The van der Waals surface area contributed by atoms with Gasteiger partial charge in [0.05, 0.1) is 18.6 Å². The number of nitrogens with zero attached hydrogens (tertiary/aromatic N) is 2. The van der Waals surface area contributed by atoms with Crippen LogP contribution in [-0.4, -0.2) is 29.6 Å². The highest BCUT2D eigenvalue weighted by molar-refractivity contribution is 5.72. The molecule has 0 heterocycles. The van der Waals surface area contributed by atoms with Crippen molar-refractivity contribution in [3.05, 3.63) is 138 Å². The lowest BCUT2D eigenvalue weighted by molar-refractivity contribution is -0.149. The van der Waals surface area contributed by atoms with Gasteiger partial charge in [-0.05, 0) is 111 Å². The van der Waals surface area contributed by atoms with Crippen molar-refractivity contribution in [1.82, 2.24) is 4.90 Å². The number of benzene rings is 1. The first-order chi connectivity index (χ1) is 24.6. The quantitative estimate of drug-likeness (QED) is 0.162. The molecular formula is C47H60N2O2. The monoisotopic (exact) mass is 684 g/mol. The molecule has 6 atom stereocenters. The van der Waals surface area contributed by atoms with Gasteiger partial charge in [-0.15, -0.1) is 0 Å². The number of hydrogen-bond donors (Lipinski definition) is 0. The smallest absolute Gasteiger partial charge is 0.308 e. The Hall–Kier alpha value is -4.05. The van der Waals surface area contributed by atoms with Crippen LogP contribution in [0.1, 0.15) is 104 Å². The molecule has 5 aliphatic rings. The van der Waals surface area contributed by atoms with Gasteiger partial charge in [0.1, 0.15) is 0 Å². The first kappa shape index (κ1) is 36.7. The van der Waals surface area contributed by atoms with Crippen molar-refractivity contribution in [2.75, 3.05) is 11.5 Å². The molecular weight excluding hydrogens is 625 g/mol. The van der Waals surface area contributed by atoms with Gasteiger partial charge >= 0.3 is 5.97 Å². The van der Waals surface area contributed by atoms with Crippen LogP contribution in [-0.2, 0) is 9.53 Å². The highest BCUT2D eigenvalue weighted by atomic mass is 16.5. The van der Waals surface area contributed by atoms with E-state index in [1.807, 2.05) is 6.92 Å². The summed E-state index contributed by atoms with van der Waals surface area (Å²) in [5, 5.41) is 0. The van der Waals surface area contributed by atoms with E-state index in [2.05, 4.69) is 153 Å². The van der Waals surface area contributed by atoms with Gasteiger partial charge in [-0.2, -0.15) is 0 Å². The van der Waals surface area contributed by atoms with E-state index in [0.717, 1.165) is 57.8 Å². The third-order valence-electron chi connectivity index (χ3n) is 10.9. The number of esters is 1. The highest BCUT2D eigenvalue weighted by Crippen LogP contribution is 2.38. The van der Waals surface area contributed by atoms with E-state index in [0.29, 0.717) is 36.4 Å². The van der Waals surface area contributed by atoms with E-state index in [-0.39, 0.29) is 17.3 Å². The highest BCUT2D eigenvalue weighted by Gasteiger charge is 2.31. The van der Waals surface area contributed by atoms with E-state index >= 15 is 0 Å². The molecule has 6 unspecified atom stereocenters. The molecule has 0 bridgehead atoms. The zero-order valence-electron chi connectivity index (χ0n) is 31.7. The minimum Gasteiger partial charge on any atom is -0.465 e. The number of hydrogen-bond acceptors (Lipinski definition) is 4. The van der Waals surface area contributed by atoms with Gasteiger partial charge in [-0.25, -0.2) is 0 Å². The molecule has 1 aromatic carbocycles. The zero-order chi connectivity index (χ0) is 35.8. The fourth-order valence-corrected chi connectivity index (χ4v) is 8.49. The van der Waals surface area contributed by atoms with Crippen molar-refractivity contribution in [2.24, 2.45) is 23.2 Å². The molecule has 6 rings (SSSR count). The fourth-order valence-electron chi connectivity index (χ4n) is 8.49. The van der Waals surface area contributed by atoms with E-state index in [4.69, 9.17) is 4.74 Å². The average Bonchev–Trinajstić information content (AvgIpc) is 3.13. The van der Waals surface area contributed by atoms with Crippen LogP contribution >= 0.6 is 0 Å². The van der Waals surface area contributed by atoms with Crippen LogP contribution in [0.2, 0.25) is 0 Å². The Morgan fingerprint density at radius 3 is 2.41 bits per heavy atom. The van der Waals surface area contributed by atoms with Gasteiger partial charge in [0.25, 0.3) is 0 Å². The first-order valence-electron chi connectivity index (χ1n) is 19.6. The molecule has 0 amide bonds. The zero-order valence-corrected chi connectivity index (χ0v) is 31.7. The van der Waals surface area contributed by atoms with Crippen LogP contribution in [0.4, 0.5) is 5.69 Å². The second-order valence-corrected chi connectivity index (χ2v) is 16.6. The second kappa shape index (κ2) is 17.0. The third-order valence-corrected chi connectivity index (χ3v) is 10.9. The van der Waals surface area contributed by atoms with E-state index < -0.39 is 0 Å². The summed E-state index contributed by atoms with van der Waals surface area (Å²) in [6, 6.07) is 10.1. The van der Waals surface area contributed by atoms with Crippen molar-refractivity contribution in [3.8, 4) is 0 Å². The van der Waals surface area contributed by atoms with Crippen molar-refractivity contribution in [3.63, 3.8) is 0 Å². The molecule has 0 N–H and O–H groups in total. The van der Waals surface area contributed by atoms with Crippen molar-refractivity contribution in [2.45, 2.75) is 110 Å². The van der Waals surface area contributed by atoms with Crippen molar-refractivity contribution in [1.29, 1.82) is 0 Å². The summed E-state index contributed by atoms with van der Waals surface area (Å²) in [5.74, 6) is 1.19. The Bertz CT molecular complexity index is 1640. The summed E-state index contributed by atoms with van der Waals surface area (Å²) < 4.78 is 5.78. The predicted octanol–water partition coefficient (Wildman–Crippen LogP) is 11.7. The van der Waals surface area contributed by atoms with Crippen LogP contribution in [0.25, 0.3) is 0 Å². The van der Waals surface area contributed by atoms with E-state index in [9.17, 15) is 4.79 Å². The minimum absolute atomic E-state index is 0.0613. The molecule has 5 aliphatic carbocycles. The summed E-state index contributed by atoms with van der Waals surface area (Å²) in [5.41, 5.74) is 6.83. The van der Waals surface area contributed by atoms with Crippen molar-refractivity contribution < 1.29 is 9.53 Å². The van der Waals surface area contributed by atoms with Crippen LogP contribution in [0.5, 0.6) is 0 Å². The maximum atomic E-state index is 12.7. The first-order valence-corrected chi connectivity index (χ1v) is 19.6. The molecule has 4 nitrogen and oxygen atoms in total. The number of rotatable bonds is 12. The Morgan fingerprint density at radius 2 is 1.73 bits per heavy atom. The summed E-state index contributed by atoms with van der Waals surface area (Å²) in [6.45, 7) is 11.3. The molecule has 0 aromatic heterocycles. The van der Waals surface area contributed by atoms with Gasteiger partial charge in [0.15, 0.2) is 0 Å². The Kier molecular flexibility index (Phi) is 12.2. The Balaban J connectivity index is 1.11. The van der Waals surface area contributed by atoms with Crippen LogP contribution in [0.15, 0.2) is 132 Å². The molecule has 51 heavy (non-hydrogen) atoms. The van der Waals surface area contributed by atoms with Gasteiger partial charge in [-0.1, -0.05) is 120 Å². The summed E-state index contributed by atoms with van der Waals surface area (Å²) in [4.78, 5) is 17.9. The maximum absolute atomic E-state index is 12.7. The van der Waals surface area contributed by atoms with E-state index in [1.165, 1.54) is 28.3 Å². The summed E-state index contributed by atoms with van der Waals surface area (Å²) in [7, 11) is 0. The molecule has 0 saturated carbocycles. The molecule has 0 fully saturated rings. The lowest BCUT2D eigenvalue weighted by Gasteiger charge is -2.43. The topological polar surface area (TPSA) is 32.8 Å². The largest absolute Gasteiger partial charge is 0.465 e. The molecule has 4 heteroatoms. The molecule has 0 spiro atoms. The number of ether oxygens (including phenoxy) is 1. The summed E-state index contributed by atoms with van der Waals surface area (Å²) >= 11 is 0. The molecule has 1 aromatic rings.